The summed E-state index contributed by atoms with van der Waals surface area (Å²) in [5.74, 6) is 5.19. The molecule has 0 spiro atoms. The number of nitrogens with two attached hydrogens (primary N) is 1. The Balaban J connectivity index is 1.99. The summed E-state index contributed by atoms with van der Waals surface area (Å²) in [6, 6.07) is 13.2. The maximum Gasteiger partial charge on any atom is 0.141 e. The average Bonchev–Trinajstić information content (AvgIpc) is 2.42. The van der Waals surface area contributed by atoms with E-state index in [-0.39, 0.29) is 11.9 Å². The van der Waals surface area contributed by atoms with Crippen LogP contribution in [0.1, 0.15) is 23.7 Å². The van der Waals surface area contributed by atoms with Crippen LogP contribution in [0.5, 0.6) is 0 Å². The van der Waals surface area contributed by atoms with Gasteiger partial charge in [0.25, 0.3) is 0 Å². The van der Waals surface area contributed by atoms with Crippen molar-refractivity contribution >= 4 is 0 Å². The Morgan fingerprint density at radius 2 is 1.94 bits per heavy atom. The summed E-state index contributed by atoms with van der Waals surface area (Å²) in [7, 11) is 0. The number of aromatic nitrogens is 1. The Hall–Kier alpha value is -1.78. The van der Waals surface area contributed by atoms with E-state index in [1.54, 1.807) is 6.07 Å². The molecular formula is C14H16FN3. The number of pyridine rings is 1. The van der Waals surface area contributed by atoms with Gasteiger partial charge >= 0.3 is 0 Å². The molecule has 0 aliphatic heterocycles. The summed E-state index contributed by atoms with van der Waals surface area (Å²) in [6.07, 6.45) is 2.93. The molecule has 1 heterocycles. The monoisotopic (exact) mass is 245 g/mol. The quantitative estimate of drug-likeness (QED) is 0.628. The Kier molecular flexibility index (Phi) is 4.39. The van der Waals surface area contributed by atoms with Crippen LogP contribution in [0.3, 0.4) is 0 Å². The number of aryl methyl sites for hydroxylation is 1. The van der Waals surface area contributed by atoms with Crippen molar-refractivity contribution in [3.63, 3.8) is 0 Å². The second kappa shape index (κ2) is 6.23. The van der Waals surface area contributed by atoms with Crippen molar-refractivity contribution in [2.75, 3.05) is 0 Å². The molecular weight excluding hydrogens is 229 g/mol. The predicted molar refractivity (Wildman–Crippen MR) is 69.0 cm³/mol. The van der Waals surface area contributed by atoms with E-state index < -0.39 is 0 Å². The SMILES string of the molecule is NNC(CCc1ccccc1)c1ccc(F)cn1. The zero-order chi connectivity index (χ0) is 12.8. The first-order valence-electron chi connectivity index (χ1n) is 5.91. The van der Waals surface area contributed by atoms with Gasteiger partial charge in [-0.05, 0) is 30.5 Å². The predicted octanol–water partition coefficient (Wildman–Crippen LogP) is 2.36. The summed E-state index contributed by atoms with van der Waals surface area (Å²) in [4.78, 5) is 4.04. The summed E-state index contributed by atoms with van der Waals surface area (Å²) < 4.78 is 12.8. The molecule has 3 nitrogen and oxygen atoms in total. The van der Waals surface area contributed by atoms with Crippen LogP contribution in [0, 0.1) is 5.82 Å². The van der Waals surface area contributed by atoms with E-state index in [9.17, 15) is 4.39 Å². The van der Waals surface area contributed by atoms with Crippen molar-refractivity contribution in [1.29, 1.82) is 0 Å². The van der Waals surface area contributed by atoms with Gasteiger partial charge in [0, 0.05) is 0 Å². The van der Waals surface area contributed by atoms with E-state index >= 15 is 0 Å². The van der Waals surface area contributed by atoms with E-state index in [4.69, 9.17) is 5.84 Å². The second-order valence-corrected chi connectivity index (χ2v) is 4.14. The molecule has 4 heteroatoms. The number of nitrogens with one attached hydrogen (secondary N) is 1. The second-order valence-electron chi connectivity index (χ2n) is 4.14. The molecule has 1 atom stereocenters. The highest BCUT2D eigenvalue weighted by Crippen LogP contribution is 2.16. The Labute approximate surface area is 106 Å². The molecule has 0 saturated carbocycles. The number of benzene rings is 1. The van der Waals surface area contributed by atoms with Gasteiger partial charge in [0.1, 0.15) is 5.82 Å². The zero-order valence-corrected chi connectivity index (χ0v) is 10.0. The van der Waals surface area contributed by atoms with Crippen molar-refractivity contribution in [3.8, 4) is 0 Å². The first-order chi connectivity index (χ1) is 8.79. The Bertz CT molecular complexity index is 470. The molecule has 18 heavy (non-hydrogen) atoms. The van der Waals surface area contributed by atoms with E-state index in [1.165, 1.54) is 17.8 Å². The molecule has 0 saturated heterocycles. The first-order valence-corrected chi connectivity index (χ1v) is 5.91. The third-order valence-corrected chi connectivity index (χ3v) is 2.87. The van der Waals surface area contributed by atoms with Crippen molar-refractivity contribution < 1.29 is 4.39 Å². The number of hydrogen-bond donors (Lipinski definition) is 2. The van der Waals surface area contributed by atoms with Crippen molar-refractivity contribution in [3.05, 3.63) is 65.7 Å². The number of hydrogen-bond acceptors (Lipinski definition) is 3. The van der Waals surface area contributed by atoms with Gasteiger partial charge in [0.05, 0.1) is 17.9 Å². The van der Waals surface area contributed by atoms with Gasteiger partial charge in [-0.15, -0.1) is 0 Å². The molecule has 0 bridgehead atoms. The van der Waals surface area contributed by atoms with Gasteiger partial charge in [-0.2, -0.15) is 0 Å². The van der Waals surface area contributed by atoms with Gasteiger partial charge in [-0.1, -0.05) is 30.3 Å². The van der Waals surface area contributed by atoms with E-state index in [0.717, 1.165) is 18.5 Å². The maximum absolute atomic E-state index is 12.8. The highest BCUT2D eigenvalue weighted by atomic mass is 19.1. The zero-order valence-electron chi connectivity index (χ0n) is 10.0. The molecule has 1 aromatic carbocycles. The van der Waals surface area contributed by atoms with Crippen LogP contribution in [0.4, 0.5) is 4.39 Å². The van der Waals surface area contributed by atoms with Gasteiger partial charge in [-0.3, -0.25) is 16.3 Å². The van der Waals surface area contributed by atoms with Gasteiger partial charge in [0.15, 0.2) is 0 Å². The fourth-order valence-electron chi connectivity index (χ4n) is 1.87. The van der Waals surface area contributed by atoms with E-state index in [1.807, 2.05) is 18.2 Å². The van der Waals surface area contributed by atoms with Crippen molar-refractivity contribution in [2.45, 2.75) is 18.9 Å². The molecule has 0 fully saturated rings. The minimum absolute atomic E-state index is 0.0641. The summed E-state index contributed by atoms with van der Waals surface area (Å²) in [5, 5.41) is 0. The lowest BCUT2D eigenvalue weighted by Crippen LogP contribution is -2.29. The smallest absolute Gasteiger partial charge is 0.141 e. The highest BCUT2D eigenvalue weighted by Gasteiger charge is 2.11. The molecule has 1 aromatic heterocycles. The molecule has 0 amide bonds. The van der Waals surface area contributed by atoms with Crippen LogP contribution in [-0.4, -0.2) is 4.98 Å². The third-order valence-electron chi connectivity index (χ3n) is 2.87. The van der Waals surface area contributed by atoms with Crippen LogP contribution in [0.2, 0.25) is 0 Å². The molecule has 2 rings (SSSR count). The van der Waals surface area contributed by atoms with Crippen LogP contribution in [-0.2, 0) is 6.42 Å². The largest absolute Gasteiger partial charge is 0.271 e. The highest BCUT2D eigenvalue weighted by molar-refractivity contribution is 5.16. The lowest BCUT2D eigenvalue weighted by Gasteiger charge is -2.15. The molecule has 0 radical (unpaired) electrons. The fraction of sp³-hybridized carbons (Fsp3) is 0.214. The minimum atomic E-state index is -0.336. The molecule has 2 aromatic rings. The number of hydrazine groups is 1. The summed E-state index contributed by atoms with van der Waals surface area (Å²) in [6.45, 7) is 0. The number of rotatable bonds is 5. The lowest BCUT2D eigenvalue weighted by atomic mass is 10.0. The Morgan fingerprint density at radius 1 is 1.17 bits per heavy atom. The first kappa shape index (κ1) is 12.7. The van der Waals surface area contributed by atoms with Gasteiger partial charge in [0.2, 0.25) is 0 Å². The Morgan fingerprint density at radius 3 is 2.56 bits per heavy atom. The molecule has 0 aliphatic carbocycles. The summed E-state index contributed by atoms with van der Waals surface area (Å²) in [5.41, 5.74) is 4.73. The van der Waals surface area contributed by atoms with Crippen LogP contribution < -0.4 is 11.3 Å². The molecule has 3 N–H and O–H groups in total. The van der Waals surface area contributed by atoms with Gasteiger partial charge in [-0.25, -0.2) is 4.39 Å². The van der Waals surface area contributed by atoms with Crippen LogP contribution in [0.15, 0.2) is 48.7 Å². The molecule has 1 unspecified atom stereocenters. The lowest BCUT2D eigenvalue weighted by molar-refractivity contribution is 0.501. The standard InChI is InChI=1S/C14H16FN3/c15-12-7-9-13(17-10-12)14(18-16)8-6-11-4-2-1-3-5-11/h1-5,7,9-10,14,18H,6,8,16H2. The third kappa shape index (κ3) is 3.35. The topological polar surface area (TPSA) is 50.9 Å². The van der Waals surface area contributed by atoms with E-state index in [2.05, 4.69) is 22.5 Å². The van der Waals surface area contributed by atoms with Crippen LogP contribution in [0.25, 0.3) is 0 Å². The average molecular weight is 245 g/mol. The maximum atomic E-state index is 12.8. The number of halogens is 1. The fourth-order valence-corrected chi connectivity index (χ4v) is 1.87. The normalized spacial score (nSPS) is 12.3. The molecule has 94 valence electrons. The summed E-state index contributed by atoms with van der Waals surface area (Å²) >= 11 is 0. The van der Waals surface area contributed by atoms with Crippen molar-refractivity contribution in [2.24, 2.45) is 5.84 Å². The van der Waals surface area contributed by atoms with Gasteiger partial charge < -0.3 is 0 Å². The van der Waals surface area contributed by atoms with Crippen molar-refractivity contribution in [1.82, 2.24) is 10.4 Å². The molecule has 0 aliphatic rings. The minimum Gasteiger partial charge on any atom is -0.271 e. The number of nitrogens with zero attached hydrogens (tertiary/aromatic N) is 1. The van der Waals surface area contributed by atoms with Crippen LogP contribution >= 0.6 is 0 Å². The van der Waals surface area contributed by atoms with E-state index in [0.29, 0.717) is 0 Å².